The number of aliphatic hydroxyl groups excluding tert-OH is 3. The number of fused-ring (bicyclic) bond motifs is 1. The van der Waals surface area contributed by atoms with E-state index in [1.807, 2.05) is 6.92 Å². The molecule has 28 heteroatoms. The second-order valence-electron chi connectivity index (χ2n) is 21.8. The molecule has 0 bridgehead atoms. The highest BCUT2D eigenvalue weighted by Gasteiger charge is 2.56. The summed E-state index contributed by atoms with van der Waals surface area (Å²) in [5, 5.41) is 53.1. The minimum absolute atomic E-state index is 0.0359. The van der Waals surface area contributed by atoms with Gasteiger partial charge in [-0.15, -0.1) is 0 Å². The molecule has 1 aliphatic carbocycles. The Hall–Kier alpha value is -7.17. The number of aliphatic imine (C=N–C) groups is 2. The van der Waals surface area contributed by atoms with E-state index in [4.69, 9.17) is 28.7 Å². The number of nitrogens with zero attached hydrogens (tertiary/aromatic N) is 6. The fourth-order valence-electron chi connectivity index (χ4n) is 12.3. The van der Waals surface area contributed by atoms with Crippen LogP contribution in [0.3, 0.4) is 0 Å². The number of β-amino-alcohol motifs (C(OH)–C–C–N with tert-alkyl or cyclic N) is 2. The number of aliphatic hydroxyl groups is 3. The van der Waals surface area contributed by atoms with Crippen molar-refractivity contribution in [2.75, 3.05) is 45.9 Å². The molecule has 0 spiro atoms. The van der Waals surface area contributed by atoms with Crippen molar-refractivity contribution in [2.24, 2.45) is 50.5 Å². The van der Waals surface area contributed by atoms with E-state index < -0.39 is 127 Å². The average molecular weight is 1140 g/mol. The molecule has 6 rings (SSSR count). The molecular formula is C53H83N15O13. The van der Waals surface area contributed by atoms with Crippen molar-refractivity contribution in [2.45, 2.75) is 170 Å². The van der Waals surface area contributed by atoms with Gasteiger partial charge in [0.05, 0.1) is 31.4 Å². The number of carboxylic acid groups (broad SMARTS) is 1. The summed E-state index contributed by atoms with van der Waals surface area (Å²) in [6, 6.07) is -1.88. The molecule has 0 aromatic heterocycles. The number of nitrogens with two attached hydrogens (primary N) is 5. The summed E-state index contributed by atoms with van der Waals surface area (Å²) in [5.74, 6) is -7.74. The monoisotopic (exact) mass is 1140 g/mol. The van der Waals surface area contributed by atoms with Crippen molar-refractivity contribution in [1.29, 1.82) is 0 Å². The van der Waals surface area contributed by atoms with Crippen LogP contribution in [0.5, 0.6) is 0 Å². The highest BCUT2D eigenvalue weighted by Crippen LogP contribution is 2.46. The van der Waals surface area contributed by atoms with Crippen LogP contribution in [0.25, 0.3) is 0 Å². The van der Waals surface area contributed by atoms with E-state index in [1.165, 1.54) is 9.80 Å². The largest absolute Gasteiger partial charge is 0.480 e. The Kier molecular flexibility index (Phi) is 23.0. The van der Waals surface area contributed by atoms with E-state index in [0.717, 1.165) is 29.1 Å². The summed E-state index contributed by atoms with van der Waals surface area (Å²) in [4.78, 5) is 138. The quantitative estimate of drug-likeness (QED) is 0.0236. The van der Waals surface area contributed by atoms with E-state index in [-0.39, 0.29) is 107 Å². The number of hydrogen-bond donors (Lipinski definition) is 13. The number of hydrogen-bond acceptors (Lipinski definition) is 15. The Morgan fingerprint density at radius 2 is 1.32 bits per heavy atom. The molecule has 8 amide bonds. The van der Waals surface area contributed by atoms with Crippen LogP contribution in [-0.2, 0) is 49.6 Å². The van der Waals surface area contributed by atoms with E-state index in [0.29, 0.717) is 37.7 Å². The molecule has 448 valence electrons. The van der Waals surface area contributed by atoms with Gasteiger partial charge >= 0.3 is 5.97 Å². The Balaban J connectivity index is 1.10. The predicted octanol–water partition coefficient (Wildman–Crippen LogP) is -4.59. The molecule has 1 aromatic carbocycles. The summed E-state index contributed by atoms with van der Waals surface area (Å²) < 4.78 is 0. The molecule has 5 aliphatic rings. The SMILES string of the molecule is CCC[C@H]1[C@@H]2CCCC[C@@H]2N(C(=O)[C@H]2C[C@H](O)CN2C(=O)[C@H](CO)NC(=O)[C@H](Cc2ccccc2)NC(=O)CNC(=O)[C@@H]2C[C@@H](O)CN2C(=O)[C@@H]2CCCN2C(=O)[C@H](CCCN=C(N)N)NC(=O)[C@H](N)CCCN=C(N)N)[C@@H]1C(=O)O. The van der Waals surface area contributed by atoms with Gasteiger partial charge in [0.25, 0.3) is 0 Å². The van der Waals surface area contributed by atoms with Gasteiger partial charge in [-0.05, 0) is 75.2 Å². The van der Waals surface area contributed by atoms with Crippen molar-refractivity contribution in [3.05, 3.63) is 35.9 Å². The van der Waals surface area contributed by atoms with Gasteiger partial charge in [0.2, 0.25) is 47.3 Å². The van der Waals surface area contributed by atoms with Crippen LogP contribution < -0.4 is 49.9 Å². The van der Waals surface area contributed by atoms with Gasteiger partial charge in [0, 0.05) is 58.0 Å². The molecule has 4 aliphatic heterocycles. The molecule has 4 saturated heterocycles. The zero-order valence-electron chi connectivity index (χ0n) is 46.0. The van der Waals surface area contributed by atoms with Gasteiger partial charge in [-0.1, -0.05) is 56.5 Å². The molecular weight excluding hydrogens is 1050 g/mol. The second-order valence-corrected chi connectivity index (χ2v) is 21.8. The number of carboxylic acids is 1. The maximum absolute atomic E-state index is 14.6. The molecule has 81 heavy (non-hydrogen) atoms. The number of carbonyl (C=O) groups is 9. The highest BCUT2D eigenvalue weighted by molar-refractivity contribution is 5.98. The number of rotatable bonds is 26. The van der Waals surface area contributed by atoms with Crippen molar-refractivity contribution in [3.63, 3.8) is 0 Å². The molecule has 28 nitrogen and oxygen atoms in total. The van der Waals surface area contributed by atoms with Crippen LogP contribution in [0.1, 0.15) is 102 Å². The maximum Gasteiger partial charge on any atom is 0.326 e. The average Bonchev–Trinajstić information content (AvgIpc) is 3.33. The van der Waals surface area contributed by atoms with E-state index in [1.54, 1.807) is 30.3 Å². The van der Waals surface area contributed by atoms with Crippen LogP contribution in [-0.4, -0.2) is 218 Å². The van der Waals surface area contributed by atoms with Gasteiger partial charge < -0.3 is 90.0 Å². The van der Waals surface area contributed by atoms with Gasteiger partial charge in [0.1, 0.15) is 42.3 Å². The number of carbonyl (C=O) groups excluding carboxylic acids is 8. The minimum Gasteiger partial charge on any atom is -0.480 e. The Morgan fingerprint density at radius 1 is 0.704 bits per heavy atom. The van der Waals surface area contributed by atoms with Crippen LogP contribution >= 0.6 is 0 Å². The lowest BCUT2D eigenvalue weighted by molar-refractivity contribution is -0.155. The molecule has 1 saturated carbocycles. The zero-order valence-corrected chi connectivity index (χ0v) is 46.0. The van der Waals surface area contributed by atoms with Crippen molar-refractivity contribution in [1.82, 2.24) is 40.9 Å². The molecule has 0 radical (unpaired) electrons. The first-order valence-corrected chi connectivity index (χ1v) is 28.2. The lowest BCUT2D eigenvalue weighted by Gasteiger charge is -2.37. The van der Waals surface area contributed by atoms with Gasteiger partial charge in [-0.2, -0.15) is 0 Å². The number of guanidine groups is 2. The lowest BCUT2D eigenvalue weighted by atomic mass is 9.76. The first-order valence-electron chi connectivity index (χ1n) is 28.2. The van der Waals surface area contributed by atoms with Crippen LogP contribution in [0.2, 0.25) is 0 Å². The molecule has 5 fully saturated rings. The minimum atomic E-state index is -1.67. The standard InChI is InChI=1S/C53H83N15O13/c1-2-11-33-32-14-6-7-17-38(32)68(43(33)51(80)81)50(79)41-24-31(71)27-67(41)48(77)37(28-69)64-45(74)36(22-29-12-4-3-5-13-29)62-42(72)25-61-46(75)40-23-30(70)26-66(40)49(78)39-18-10-21-65(39)47(76)35(16-9-20-60-53(57)58)63-44(73)34(54)15-8-19-59-52(55)56/h3-5,12-13,30-41,43,69-71H,2,6-11,14-28,54H2,1H3,(H,61,75)(H,62,72)(H,63,73)(H,64,74)(H,80,81)(H4,55,56,59)(H4,57,58,60)/t30-,31+,32+,33+,34-,35+,36+,37+,38+,39+,40+,41-,43+/m1/s1. The molecule has 0 unspecified atom stereocenters. The number of likely N-dealkylation sites (tertiary alicyclic amines) is 4. The topological polar surface area (TPSA) is 450 Å². The molecule has 4 heterocycles. The number of aliphatic carboxylic acids is 1. The van der Waals surface area contributed by atoms with Crippen molar-refractivity contribution in [3.8, 4) is 0 Å². The Bertz CT molecular complexity index is 2460. The fraction of sp³-hybridized carbons (Fsp3) is 0.679. The van der Waals surface area contributed by atoms with E-state index in [2.05, 4.69) is 31.3 Å². The number of nitrogens with one attached hydrogen (secondary N) is 4. The summed E-state index contributed by atoms with van der Waals surface area (Å²) in [5.41, 5.74) is 28.5. The summed E-state index contributed by atoms with van der Waals surface area (Å²) in [7, 11) is 0. The molecule has 1 aromatic rings. The summed E-state index contributed by atoms with van der Waals surface area (Å²) >= 11 is 0. The van der Waals surface area contributed by atoms with E-state index >= 15 is 0 Å². The van der Waals surface area contributed by atoms with Gasteiger partial charge in [0.15, 0.2) is 11.9 Å². The maximum atomic E-state index is 14.6. The predicted molar refractivity (Wildman–Crippen MR) is 293 cm³/mol. The zero-order chi connectivity index (χ0) is 59.1. The third kappa shape index (κ3) is 16.3. The van der Waals surface area contributed by atoms with Gasteiger partial charge in [-0.25, -0.2) is 4.79 Å². The fourth-order valence-corrected chi connectivity index (χ4v) is 12.3. The van der Waals surface area contributed by atoms with Crippen LogP contribution in [0.4, 0.5) is 0 Å². The first-order chi connectivity index (χ1) is 38.6. The van der Waals surface area contributed by atoms with Crippen LogP contribution in [0.15, 0.2) is 40.3 Å². The summed E-state index contributed by atoms with van der Waals surface area (Å²) in [6.45, 7) is 0.187. The number of amides is 8. The molecule has 18 N–H and O–H groups in total. The van der Waals surface area contributed by atoms with Crippen molar-refractivity contribution < 1.29 is 63.6 Å². The Morgan fingerprint density at radius 3 is 1.96 bits per heavy atom. The lowest BCUT2D eigenvalue weighted by Crippen LogP contribution is -2.60. The van der Waals surface area contributed by atoms with Crippen LogP contribution in [0, 0.1) is 11.8 Å². The normalized spacial score (nSPS) is 25.6. The van der Waals surface area contributed by atoms with Crippen molar-refractivity contribution >= 4 is 65.1 Å². The smallest absolute Gasteiger partial charge is 0.326 e. The highest BCUT2D eigenvalue weighted by atomic mass is 16.4. The second kappa shape index (κ2) is 29.5. The number of benzene rings is 1. The first kappa shape index (κ1) is 63.0. The van der Waals surface area contributed by atoms with Gasteiger partial charge in [-0.3, -0.25) is 48.3 Å². The summed E-state index contributed by atoms with van der Waals surface area (Å²) in [6.07, 6.45) is 3.04. The molecule has 13 atom stereocenters. The van der Waals surface area contributed by atoms with E-state index in [9.17, 15) is 63.6 Å². The third-order valence-corrected chi connectivity index (χ3v) is 16.1. The Labute approximate surface area is 470 Å². The third-order valence-electron chi connectivity index (χ3n) is 16.1.